The average molecular weight is 439 g/mol. The number of amides is 2. The molecule has 2 aromatic rings. The van der Waals surface area contributed by atoms with Crippen molar-refractivity contribution in [3.05, 3.63) is 51.5 Å². The first-order chi connectivity index (χ1) is 13.9. The number of nitrogens with zero attached hydrogens (tertiary/aromatic N) is 2. The van der Waals surface area contributed by atoms with E-state index in [0.717, 1.165) is 23.4 Å². The van der Waals surface area contributed by atoms with Crippen LogP contribution in [-0.4, -0.2) is 46.6 Å². The number of hydrogen-bond acceptors (Lipinski definition) is 4. The van der Waals surface area contributed by atoms with Crippen molar-refractivity contribution in [3.63, 3.8) is 0 Å². The maximum atomic E-state index is 13.2. The van der Waals surface area contributed by atoms with Crippen molar-refractivity contribution in [2.24, 2.45) is 5.92 Å². The van der Waals surface area contributed by atoms with Crippen molar-refractivity contribution >= 4 is 35.2 Å². The van der Waals surface area contributed by atoms with Gasteiger partial charge < -0.3 is 19.9 Å². The van der Waals surface area contributed by atoms with E-state index in [-0.39, 0.29) is 11.9 Å². The number of hydrogen-bond donors (Lipinski definition) is 2. The minimum Gasteiger partial charge on any atom is -0.467 e. The monoisotopic (exact) mass is 438 g/mol. The molecule has 2 N–H and O–H groups in total. The summed E-state index contributed by atoms with van der Waals surface area (Å²) in [5.41, 5.74) is 2.41. The predicted octanol–water partition coefficient (Wildman–Crippen LogP) is 3.96. The summed E-state index contributed by atoms with van der Waals surface area (Å²) in [5, 5.41) is 3.80. The number of benzene rings is 1. The Morgan fingerprint density at radius 2 is 2.17 bits per heavy atom. The molecule has 1 aliphatic rings. The minimum atomic E-state index is -0.737. The molecule has 7 nitrogen and oxygen atoms in total. The molecule has 1 aromatic heterocycles. The molecule has 0 radical (unpaired) electrons. The van der Waals surface area contributed by atoms with E-state index in [1.807, 2.05) is 13.8 Å². The minimum absolute atomic E-state index is 0.0743. The van der Waals surface area contributed by atoms with Crippen LogP contribution in [0.2, 0.25) is 10.0 Å². The first kappa shape index (κ1) is 21.5. The highest BCUT2D eigenvalue weighted by molar-refractivity contribution is 6.35. The molecule has 29 heavy (non-hydrogen) atoms. The van der Waals surface area contributed by atoms with Crippen molar-refractivity contribution in [1.29, 1.82) is 0 Å². The van der Waals surface area contributed by atoms with Crippen molar-refractivity contribution in [2.45, 2.75) is 38.8 Å². The fourth-order valence-electron chi connectivity index (χ4n) is 3.55. The van der Waals surface area contributed by atoms with Crippen molar-refractivity contribution in [2.75, 3.05) is 13.7 Å². The second-order valence-electron chi connectivity index (χ2n) is 7.11. The molecule has 3 unspecified atom stereocenters. The Morgan fingerprint density at radius 1 is 1.41 bits per heavy atom. The Hall–Kier alpha value is -2.25. The van der Waals surface area contributed by atoms with Gasteiger partial charge in [0, 0.05) is 28.7 Å². The summed E-state index contributed by atoms with van der Waals surface area (Å²) in [6.07, 6.45) is 2.95. The van der Waals surface area contributed by atoms with E-state index in [0.29, 0.717) is 23.0 Å². The maximum Gasteiger partial charge on any atom is 0.328 e. The normalized spacial score (nSPS) is 18.0. The number of halogens is 2. The van der Waals surface area contributed by atoms with E-state index in [9.17, 15) is 9.59 Å². The number of esters is 1. The van der Waals surface area contributed by atoms with Crippen molar-refractivity contribution < 1.29 is 14.3 Å². The summed E-state index contributed by atoms with van der Waals surface area (Å²) < 4.78 is 4.89. The van der Waals surface area contributed by atoms with Crippen LogP contribution in [0.4, 0.5) is 4.79 Å². The van der Waals surface area contributed by atoms with Crippen molar-refractivity contribution in [3.8, 4) is 0 Å². The quantitative estimate of drug-likeness (QED) is 0.691. The van der Waals surface area contributed by atoms with E-state index in [1.165, 1.54) is 7.11 Å². The summed E-state index contributed by atoms with van der Waals surface area (Å²) in [5.74, 6) is -0.541. The lowest BCUT2D eigenvalue weighted by atomic mass is 9.95. The van der Waals surface area contributed by atoms with E-state index in [2.05, 4.69) is 15.3 Å². The molecule has 3 rings (SSSR count). The summed E-state index contributed by atoms with van der Waals surface area (Å²) in [7, 11) is 1.32. The number of urea groups is 1. The lowest BCUT2D eigenvalue weighted by molar-refractivity contribution is -0.144. The van der Waals surface area contributed by atoms with Crippen LogP contribution in [0.5, 0.6) is 0 Å². The molecular weight excluding hydrogens is 415 g/mol. The Labute approximate surface area is 179 Å². The Morgan fingerprint density at radius 3 is 2.83 bits per heavy atom. The third-order valence-corrected chi connectivity index (χ3v) is 5.95. The van der Waals surface area contributed by atoms with E-state index in [1.54, 1.807) is 29.4 Å². The number of ether oxygens (including phenoxy) is 1. The number of aromatic amines is 1. The first-order valence-electron chi connectivity index (χ1n) is 9.49. The molecule has 0 saturated carbocycles. The molecule has 0 spiro atoms. The summed E-state index contributed by atoms with van der Waals surface area (Å²) >= 11 is 12.5. The number of nitrogens with one attached hydrogen (secondary N) is 2. The highest BCUT2D eigenvalue weighted by atomic mass is 35.5. The molecular formula is C20H24Cl2N4O3. The lowest BCUT2D eigenvalue weighted by Crippen LogP contribution is -2.53. The highest BCUT2D eigenvalue weighted by Crippen LogP contribution is 2.37. The molecule has 1 aromatic carbocycles. The zero-order chi connectivity index (χ0) is 21.1. The molecule has 1 aliphatic heterocycles. The van der Waals surface area contributed by atoms with Gasteiger partial charge in [-0.2, -0.15) is 0 Å². The van der Waals surface area contributed by atoms with Gasteiger partial charge in [-0.25, -0.2) is 14.6 Å². The third-order valence-electron chi connectivity index (χ3n) is 5.39. The number of H-pyrrole nitrogens is 1. The molecule has 0 saturated heterocycles. The van der Waals surface area contributed by atoms with Crippen LogP contribution < -0.4 is 5.32 Å². The van der Waals surface area contributed by atoms with Crippen LogP contribution in [0.25, 0.3) is 0 Å². The molecule has 0 aliphatic carbocycles. The topological polar surface area (TPSA) is 87.3 Å². The van der Waals surface area contributed by atoms with Gasteiger partial charge in [0.05, 0.1) is 19.1 Å². The SMILES string of the molecule is CCC(C)C(NC(=O)N1CCc2[nH]cnc2C1c1ccc(Cl)cc1Cl)C(=O)OC. The number of carbonyl (C=O) groups excluding carboxylic acids is 2. The van der Waals surface area contributed by atoms with Gasteiger partial charge in [0.2, 0.25) is 0 Å². The van der Waals surface area contributed by atoms with E-state index in [4.69, 9.17) is 27.9 Å². The van der Waals surface area contributed by atoms with Gasteiger partial charge in [-0.1, -0.05) is 49.5 Å². The van der Waals surface area contributed by atoms with Gasteiger partial charge in [-0.15, -0.1) is 0 Å². The van der Waals surface area contributed by atoms with Crippen LogP contribution >= 0.6 is 23.2 Å². The fraction of sp³-hybridized carbons (Fsp3) is 0.450. The molecule has 2 heterocycles. The molecule has 3 atom stereocenters. The van der Waals surface area contributed by atoms with Crippen molar-refractivity contribution in [1.82, 2.24) is 20.2 Å². The van der Waals surface area contributed by atoms with Gasteiger partial charge in [0.15, 0.2) is 0 Å². The second kappa shape index (κ2) is 9.05. The highest BCUT2D eigenvalue weighted by Gasteiger charge is 2.37. The summed E-state index contributed by atoms with van der Waals surface area (Å²) in [6, 6.07) is 3.57. The van der Waals surface area contributed by atoms with Gasteiger partial charge in [-0.05, 0) is 23.6 Å². The average Bonchev–Trinajstić information content (AvgIpc) is 3.19. The Balaban J connectivity index is 1.96. The van der Waals surface area contributed by atoms with Gasteiger partial charge in [-0.3, -0.25) is 0 Å². The number of rotatable bonds is 5. The molecule has 2 amide bonds. The van der Waals surface area contributed by atoms with Crippen LogP contribution in [0.15, 0.2) is 24.5 Å². The van der Waals surface area contributed by atoms with E-state index >= 15 is 0 Å². The van der Waals surface area contributed by atoms with Gasteiger partial charge in [0.1, 0.15) is 12.1 Å². The summed E-state index contributed by atoms with van der Waals surface area (Å²) in [6.45, 7) is 4.30. The zero-order valence-electron chi connectivity index (χ0n) is 16.5. The fourth-order valence-corrected chi connectivity index (χ4v) is 4.06. The smallest absolute Gasteiger partial charge is 0.328 e. The zero-order valence-corrected chi connectivity index (χ0v) is 18.0. The van der Waals surface area contributed by atoms with Crippen LogP contribution in [0, 0.1) is 5.92 Å². The molecule has 0 fully saturated rings. The molecule has 0 bridgehead atoms. The third kappa shape index (κ3) is 4.36. The number of carbonyl (C=O) groups is 2. The first-order valence-corrected chi connectivity index (χ1v) is 10.2. The lowest BCUT2D eigenvalue weighted by Gasteiger charge is -2.37. The predicted molar refractivity (Wildman–Crippen MR) is 111 cm³/mol. The number of fused-ring (bicyclic) bond motifs is 1. The van der Waals surface area contributed by atoms with E-state index < -0.39 is 18.1 Å². The van der Waals surface area contributed by atoms with Gasteiger partial charge in [0.25, 0.3) is 0 Å². The Kier molecular flexibility index (Phi) is 6.70. The van der Waals surface area contributed by atoms with Gasteiger partial charge >= 0.3 is 12.0 Å². The Bertz CT molecular complexity index is 902. The van der Waals surface area contributed by atoms with Crippen LogP contribution in [-0.2, 0) is 16.0 Å². The maximum absolute atomic E-state index is 13.2. The van der Waals surface area contributed by atoms with Crippen LogP contribution in [0.3, 0.4) is 0 Å². The molecule has 156 valence electrons. The second-order valence-corrected chi connectivity index (χ2v) is 7.96. The summed E-state index contributed by atoms with van der Waals surface area (Å²) in [4.78, 5) is 34.7. The number of aromatic nitrogens is 2. The molecule has 9 heteroatoms. The number of imidazole rings is 1. The number of methoxy groups -OCH3 is 1. The standard InChI is InChI=1S/C20H24Cl2N4O3/c1-4-11(2)16(19(27)29-3)25-20(28)26-8-7-15-17(24-10-23-15)18(26)13-6-5-12(21)9-14(13)22/h5-6,9-11,16,18H,4,7-8H2,1-3H3,(H,23,24)(H,25,28). The van der Waals surface area contributed by atoms with Crippen LogP contribution in [0.1, 0.15) is 43.3 Å². The largest absolute Gasteiger partial charge is 0.467 e.